The molecule has 0 aliphatic carbocycles. The molecule has 0 spiro atoms. The van der Waals surface area contributed by atoms with Gasteiger partial charge in [-0.2, -0.15) is 0 Å². The molecule has 3 rings (SSSR count). The molecule has 0 radical (unpaired) electrons. The SMILES string of the molecule is COC(=O)[C@@H]1CN(Cc2ccc(OC)cc2)CC2=C(C(C)(C)C)[C@H](C)N=C(C(C)(C)C)N21. The molecule has 1 aromatic rings. The molecule has 176 valence electrons. The van der Waals surface area contributed by atoms with Gasteiger partial charge in [0, 0.05) is 30.7 Å². The Labute approximate surface area is 193 Å². The van der Waals surface area contributed by atoms with Gasteiger partial charge in [-0.1, -0.05) is 53.7 Å². The van der Waals surface area contributed by atoms with Crippen LogP contribution in [0.3, 0.4) is 0 Å². The predicted molar refractivity (Wildman–Crippen MR) is 129 cm³/mol. The van der Waals surface area contributed by atoms with Gasteiger partial charge in [0.25, 0.3) is 0 Å². The van der Waals surface area contributed by atoms with Gasteiger partial charge in [-0.15, -0.1) is 0 Å². The molecular formula is C26H39N3O3. The first-order chi connectivity index (χ1) is 14.9. The highest BCUT2D eigenvalue weighted by Gasteiger charge is 2.46. The Balaban J connectivity index is 2.07. The summed E-state index contributed by atoms with van der Waals surface area (Å²) in [5.74, 6) is 1.59. The second kappa shape index (κ2) is 8.89. The van der Waals surface area contributed by atoms with E-state index < -0.39 is 6.04 Å². The number of aliphatic imine (C=N–C) groups is 1. The van der Waals surface area contributed by atoms with Crippen LogP contribution >= 0.6 is 0 Å². The summed E-state index contributed by atoms with van der Waals surface area (Å²) in [7, 11) is 3.15. The van der Waals surface area contributed by atoms with Crippen LogP contribution in [0.5, 0.6) is 5.75 Å². The Morgan fingerprint density at radius 3 is 2.19 bits per heavy atom. The summed E-state index contributed by atoms with van der Waals surface area (Å²) in [6, 6.07) is 7.78. The average molecular weight is 442 g/mol. The third-order valence-corrected chi connectivity index (χ3v) is 6.20. The zero-order chi connectivity index (χ0) is 23.8. The molecule has 2 atom stereocenters. The van der Waals surface area contributed by atoms with Crippen LogP contribution in [0, 0.1) is 10.8 Å². The maximum atomic E-state index is 13.0. The van der Waals surface area contributed by atoms with E-state index in [1.807, 2.05) is 12.1 Å². The number of piperazine rings is 1. The second-order valence-electron chi connectivity index (χ2n) is 10.9. The van der Waals surface area contributed by atoms with E-state index in [2.05, 4.69) is 70.4 Å². The fourth-order valence-electron chi connectivity index (χ4n) is 4.95. The summed E-state index contributed by atoms with van der Waals surface area (Å²) in [6.45, 7) is 17.5. The van der Waals surface area contributed by atoms with E-state index in [0.717, 1.165) is 24.7 Å². The fraction of sp³-hybridized carbons (Fsp3) is 0.615. The molecule has 6 nitrogen and oxygen atoms in total. The van der Waals surface area contributed by atoms with Crippen molar-refractivity contribution in [2.45, 2.75) is 67.1 Å². The minimum atomic E-state index is -0.426. The molecule has 2 heterocycles. The van der Waals surface area contributed by atoms with Crippen LogP contribution in [0.4, 0.5) is 0 Å². The van der Waals surface area contributed by atoms with Crippen molar-refractivity contribution in [2.24, 2.45) is 15.8 Å². The van der Waals surface area contributed by atoms with Gasteiger partial charge in [0.2, 0.25) is 0 Å². The highest BCUT2D eigenvalue weighted by Crippen LogP contribution is 2.42. The van der Waals surface area contributed by atoms with E-state index in [1.54, 1.807) is 7.11 Å². The van der Waals surface area contributed by atoms with E-state index in [9.17, 15) is 4.79 Å². The number of rotatable bonds is 4. The van der Waals surface area contributed by atoms with Crippen LogP contribution in [0.25, 0.3) is 0 Å². The summed E-state index contributed by atoms with van der Waals surface area (Å²) < 4.78 is 10.6. The highest BCUT2D eigenvalue weighted by molar-refractivity contribution is 5.94. The number of carbonyl (C=O) groups excluding carboxylic acids is 1. The molecule has 1 aromatic carbocycles. The number of carbonyl (C=O) groups is 1. The van der Waals surface area contributed by atoms with Gasteiger partial charge >= 0.3 is 5.97 Å². The van der Waals surface area contributed by atoms with E-state index in [-0.39, 0.29) is 22.8 Å². The summed E-state index contributed by atoms with van der Waals surface area (Å²) in [5, 5.41) is 0. The minimum absolute atomic E-state index is 0.0645. The number of fused-ring (bicyclic) bond motifs is 1. The number of nitrogens with zero attached hydrogens (tertiary/aromatic N) is 3. The lowest BCUT2D eigenvalue weighted by Gasteiger charge is -2.51. The van der Waals surface area contributed by atoms with Crippen LogP contribution in [0.15, 0.2) is 40.5 Å². The second-order valence-corrected chi connectivity index (χ2v) is 10.9. The first-order valence-electron chi connectivity index (χ1n) is 11.4. The smallest absolute Gasteiger partial charge is 0.330 e. The maximum absolute atomic E-state index is 13.0. The topological polar surface area (TPSA) is 54.4 Å². The molecule has 0 saturated carbocycles. The molecule has 0 bridgehead atoms. The largest absolute Gasteiger partial charge is 0.497 e. The standard InChI is InChI=1S/C26H39N3O3/c1-17-22(25(2,3)4)20-15-28(14-18-10-12-19(31-8)13-11-18)16-21(23(30)32-9)29(20)24(27-17)26(5,6)7/h10-13,17,21H,14-16H2,1-9H3/t17-,21-/m0/s1. The molecule has 2 aliphatic rings. The number of methoxy groups -OCH3 is 2. The third-order valence-electron chi connectivity index (χ3n) is 6.20. The van der Waals surface area contributed by atoms with Crippen molar-refractivity contribution in [1.29, 1.82) is 0 Å². The van der Waals surface area contributed by atoms with Crippen LogP contribution in [-0.2, 0) is 16.1 Å². The molecule has 1 saturated heterocycles. The number of amidine groups is 1. The lowest BCUT2D eigenvalue weighted by molar-refractivity contribution is -0.146. The van der Waals surface area contributed by atoms with Gasteiger partial charge in [0.15, 0.2) is 0 Å². The zero-order valence-electron chi connectivity index (χ0n) is 21.2. The Morgan fingerprint density at radius 1 is 1.06 bits per heavy atom. The molecule has 0 amide bonds. The quantitative estimate of drug-likeness (QED) is 0.644. The van der Waals surface area contributed by atoms with E-state index in [1.165, 1.54) is 23.9 Å². The Bertz CT molecular complexity index is 904. The first-order valence-corrected chi connectivity index (χ1v) is 11.4. The monoisotopic (exact) mass is 441 g/mol. The van der Waals surface area contributed by atoms with Crippen LogP contribution in [0.1, 0.15) is 54.0 Å². The molecule has 2 aliphatic heterocycles. The van der Waals surface area contributed by atoms with Crippen molar-refractivity contribution in [3.8, 4) is 5.75 Å². The van der Waals surface area contributed by atoms with E-state index >= 15 is 0 Å². The van der Waals surface area contributed by atoms with Crippen molar-refractivity contribution >= 4 is 11.8 Å². The first kappa shape index (κ1) is 24.3. The van der Waals surface area contributed by atoms with E-state index in [4.69, 9.17) is 14.5 Å². The minimum Gasteiger partial charge on any atom is -0.497 e. The van der Waals surface area contributed by atoms with Gasteiger partial charge in [-0.25, -0.2) is 4.79 Å². The fourth-order valence-corrected chi connectivity index (χ4v) is 4.95. The Kier molecular flexibility index (Phi) is 6.75. The summed E-state index contributed by atoms with van der Waals surface area (Å²) >= 11 is 0. The van der Waals surface area contributed by atoms with Crippen LogP contribution in [0.2, 0.25) is 0 Å². The molecule has 32 heavy (non-hydrogen) atoms. The number of esters is 1. The third kappa shape index (κ3) is 4.85. The Hall–Kier alpha value is -2.34. The lowest BCUT2D eigenvalue weighted by Crippen LogP contribution is -2.61. The van der Waals surface area contributed by atoms with Gasteiger partial charge in [0.05, 0.1) is 20.3 Å². The molecule has 0 aromatic heterocycles. The zero-order valence-corrected chi connectivity index (χ0v) is 21.2. The van der Waals surface area contributed by atoms with Crippen molar-refractivity contribution in [1.82, 2.24) is 9.80 Å². The number of benzene rings is 1. The predicted octanol–water partition coefficient (Wildman–Crippen LogP) is 4.50. The molecule has 1 fully saturated rings. The van der Waals surface area contributed by atoms with E-state index in [0.29, 0.717) is 6.54 Å². The maximum Gasteiger partial charge on any atom is 0.330 e. The highest BCUT2D eigenvalue weighted by atomic mass is 16.5. The Morgan fingerprint density at radius 2 is 1.69 bits per heavy atom. The summed E-state index contributed by atoms with van der Waals surface area (Å²) in [4.78, 5) is 22.7. The molecule has 6 heteroatoms. The number of ether oxygens (including phenoxy) is 2. The van der Waals surface area contributed by atoms with Crippen molar-refractivity contribution < 1.29 is 14.3 Å². The summed E-state index contributed by atoms with van der Waals surface area (Å²) in [5.41, 5.74) is 3.42. The van der Waals surface area contributed by atoms with Crippen LogP contribution < -0.4 is 4.74 Å². The number of hydrogen-bond acceptors (Lipinski definition) is 6. The van der Waals surface area contributed by atoms with Gasteiger partial charge in [-0.05, 0) is 35.6 Å². The van der Waals surface area contributed by atoms with Crippen molar-refractivity contribution in [3.05, 3.63) is 41.1 Å². The molecular weight excluding hydrogens is 402 g/mol. The van der Waals surface area contributed by atoms with Crippen LogP contribution in [-0.4, -0.2) is 61.0 Å². The molecule has 0 unspecified atom stereocenters. The molecule has 0 N–H and O–H groups in total. The lowest BCUT2D eigenvalue weighted by atomic mass is 9.78. The number of hydrogen-bond donors (Lipinski definition) is 0. The van der Waals surface area contributed by atoms with Gasteiger partial charge < -0.3 is 14.4 Å². The average Bonchev–Trinajstić information content (AvgIpc) is 2.70. The van der Waals surface area contributed by atoms with Crippen molar-refractivity contribution in [3.63, 3.8) is 0 Å². The van der Waals surface area contributed by atoms with Crippen molar-refractivity contribution in [2.75, 3.05) is 27.3 Å². The summed E-state index contributed by atoms with van der Waals surface area (Å²) in [6.07, 6.45) is 0. The van der Waals surface area contributed by atoms with Gasteiger partial charge in [-0.3, -0.25) is 9.89 Å². The normalized spacial score (nSPS) is 22.4. The van der Waals surface area contributed by atoms with Gasteiger partial charge in [0.1, 0.15) is 17.6 Å².